The van der Waals surface area contributed by atoms with Gasteiger partial charge in [-0.25, -0.2) is 13.2 Å². The number of fused-ring (bicyclic) bond motifs is 1. The number of nitrogens with one attached hydrogen (secondary N) is 2. The van der Waals surface area contributed by atoms with E-state index in [-0.39, 0.29) is 34.0 Å². The number of amides is 1. The molecule has 0 fully saturated rings. The van der Waals surface area contributed by atoms with Gasteiger partial charge in [0.15, 0.2) is 16.8 Å². The van der Waals surface area contributed by atoms with Gasteiger partial charge in [-0.15, -0.1) is 0 Å². The van der Waals surface area contributed by atoms with Crippen LogP contribution in [0.3, 0.4) is 0 Å². The molecule has 33 heavy (non-hydrogen) atoms. The lowest BCUT2D eigenvalue weighted by Gasteiger charge is -2.18. The summed E-state index contributed by atoms with van der Waals surface area (Å²) in [6.45, 7) is 9.48. The van der Waals surface area contributed by atoms with Crippen LogP contribution in [0.4, 0.5) is 24.5 Å². The normalized spacial score (nSPS) is 11.8. The van der Waals surface area contributed by atoms with E-state index in [2.05, 4.69) is 10.6 Å². The summed E-state index contributed by atoms with van der Waals surface area (Å²) in [6, 6.07) is 5.56. The predicted molar refractivity (Wildman–Crippen MR) is 124 cm³/mol. The van der Waals surface area contributed by atoms with Crippen LogP contribution in [-0.4, -0.2) is 12.5 Å². The molecular formula is C25H27F3N2O3. The van der Waals surface area contributed by atoms with Crippen LogP contribution in [-0.2, 0) is 4.79 Å². The first-order valence-corrected chi connectivity index (χ1v) is 10.7. The van der Waals surface area contributed by atoms with E-state index in [0.29, 0.717) is 18.5 Å². The highest BCUT2D eigenvalue weighted by Crippen LogP contribution is 2.32. The van der Waals surface area contributed by atoms with E-state index in [1.807, 2.05) is 13.8 Å². The molecule has 0 bridgehead atoms. The number of hydrogen-bond acceptors (Lipinski definition) is 4. The van der Waals surface area contributed by atoms with E-state index < -0.39 is 33.9 Å². The molecule has 2 N–H and O–H groups in total. The lowest BCUT2D eigenvalue weighted by Crippen LogP contribution is -2.28. The summed E-state index contributed by atoms with van der Waals surface area (Å²) in [6.07, 6.45) is 0.721. The topological polar surface area (TPSA) is 71.3 Å². The zero-order valence-electron chi connectivity index (χ0n) is 19.2. The van der Waals surface area contributed by atoms with Gasteiger partial charge in [-0.3, -0.25) is 9.59 Å². The van der Waals surface area contributed by atoms with E-state index >= 15 is 0 Å². The van der Waals surface area contributed by atoms with Gasteiger partial charge in [-0.2, -0.15) is 0 Å². The molecule has 0 aliphatic carbocycles. The standard InChI is InChI=1S/C25H27F3N2O3/c1-13(2)8-9-29-22-16(27)11-17(28)23-21(22)19(31)12-20(33-23)14-6-7-18(15(26)10-14)30-24(32)25(3,4)5/h6-7,10-13,29H,8-9H2,1-5H3,(H,30,32). The summed E-state index contributed by atoms with van der Waals surface area (Å²) in [4.78, 5) is 24.9. The minimum atomic E-state index is -1.04. The Morgan fingerprint density at radius 1 is 1.03 bits per heavy atom. The average molecular weight is 460 g/mol. The molecule has 0 aliphatic rings. The van der Waals surface area contributed by atoms with Crippen molar-refractivity contribution in [1.82, 2.24) is 0 Å². The molecule has 0 aliphatic heterocycles. The van der Waals surface area contributed by atoms with Crippen molar-refractivity contribution in [2.75, 3.05) is 17.2 Å². The Labute approximate surface area is 190 Å². The summed E-state index contributed by atoms with van der Waals surface area (Å²) < 4.78 is 49.2. The Hall–Kier alpha value is -3.29. The lowest BCUT2D eigenvalue weighted by atomic mass is 9.95. The van der Waals surface area contributed by atoms with E-state index in [1.165, 1.54) is 12.1 Å². The summed E-state index contributed by atoms with van der Waals surface area (Å²) in [5.41, 5.74) is -1.80. The SMILES string of the molecule is CC(C)CCNc1c(F)cc(F)c2oc(-c3ccc(NC(=O)C(C)(C)C)c(F)c3)cc(=O)c12. The van der Waals surface area contributed by atoms with Crippen LogP contribution in [0.2, 0.25) is 0 Å². The first-order valence-electron chi connectivity index (χ1n) is 10.7. The number of rotatable bonds is 6. The minimum absolute atomic E-state index is 0.0355. The molecule has 8 heteroatoms. The van der Waals surface area contributed by atoms with Crippen molar-refractivity contribution < 1.29 is 22.4 Å². The minimum Gasteiger partial charge on any atom is -0.453 e. The molecule has 0 radical (unpaired) electrons. The average Bonchev–Trinajstić information content (AvgIpc) is 2.70. The van der Waals surface area contributed by atoms with Crippen molar-refractivity contribution >= 4 is 28.3 Å². The van der Waals surface area contributed by atoms with E-state index in [9.17, 15) is 22.8 Å². The molecule has 1 heterocycles. The first kappa shape index (κ1) is 24.4. The van der Waals surface area contributed by atoms with Crippen LogP contribution >= 0.6 is 0 Å². The number of carbonyl (C=O) groups is 1. The highest BCUT2D eigenvalue weighted by molar-refractivity contribution is 5.95. The van der Waals surface area contributed by atoms with Gasteiger partial charge in [0, 0.05) is 29.7 Å². The Morgan fingerprint density at radius 3 is 2.33 bits per heavy atom. The van der Waals surface area contributed by atoms with Crippen LogP contribution in [0.5, 0.6) is 0 Å². The van der Waals surface area contributed by atoms with Gasteiger partial charge < -0.3 is 15.1 Å². The fraction of sp³-hybridized carbons (Fsp3) is 0.360. The second kappa shape index (κ2) is 9.29. The van der Waals surface area contributed by atoms with E-state index in [1.54, 1.807) is 20.8 Å². The highest BCUT2D eigenvalue weighted by Gasteiger charge is 2.23. The summed E-state index contributed by atoms with van der Waals surface area (Å²) in [7, 11) is 0. The number of carbonyl (C=O) groups excluding carboxylic acids is 1. The third-order valence-corrected chi connectivity index (χ3v) is 5.11. The van der Waals surface area contributed by atoms with Gasteiger partial charge >= 0.3 is 0 Å². The molecule has 1 amide bonds. The van der Waals surface area contributed by atoms with Crippen molar-refractivity contribution in [3.63, 3.8) is 0 Å². The molecule has 0 unspecified atom stereocenters. The molecule has 1 aromatic heterocycles. The van der Waals surface area contributed by atoms with Gasteiger partial charge in [0.2, 0.25) is 5.91 Å². The van der Waals surface area contributed by atoms with Crippen molar-refractivity contribution in [1.29, 1.82) is 0 Å². The van der Waals surface area contributed by atoms with Crippen molar-refractivity contribution in [2.45, 2.75) is 41.0 Å². The molecule has 5 nitrogen and oxygen atoms in total. The third-order valence-electron chi connectivity index (χ3n) is 5.11. The van der Waals surface area contributed by atoms with Crippen LogP contribution in [0.25, 0.3) is 22.3 Å². The van der Waals surface area contributed by atoms with Gasteiger partial charge in [-0.1, -0.05) is 34.6 Å². The molecule has 0 saturated heterocycles. The number of benzene rings is 2. The monoisotopic (exact) mass is 460 g/mol. The Kier molecular flexibility index (Phi) is 6.86. The molecule has 2 aromatic carbocycles. The van der Waals surface area contributed by atoms with Crippen molar-refractivity contribution in [2.24, 2.45) is 11.3 Å². The van der Waals surface area contributed by atoms with Gasteiger partial charge in [0.25, 0.3) is 0 Å². The quantitative estimate of drug-likeness (QED) is 0.452. The lowest BCUT2D eigenvalue weighted by molar-refractivity contribution is -0.123. The molecule has 176 valence electrons. The Bertz CT molecular complexity index is 1260. The van der Waals surface area contributed by atoms with Gasteiger partial charge in [-0.05, 0) is 30.5 Å². The molecule has 3 aromatic rings. The second-order valence-electron chi connectivity index (χ2n) is 9.40. The largest absolute Gasteiger partial charge is 0.453 e. The third kappa shape index (κ3) is 5.38. The van der Waals surface area contributed by atoms with Crippen LogP contribution in [0.1, 0.15) is 41.0 Å². The maximum absolute atomic E-state index is 14.6. The van der Waals surface area contributed by atoms with Gasteiger partial charge in [0.05, 0.1) is 16.8 Å². The number of anilines is 2. The van der Waals surface area contributed by atoms with Crippen LogP contribution in [0, 0.1) is 28.8 Å². The fourth-order valence-electron chi connectivity index (χ4n) is 3.15. The van der Waals surface area contributed by atoms with Crippen molar-refractivity contribution in [3.8, 4) is 11.3 Å². The maximum Gasteiger partial charge on any atom is 0.229 e. The fourth-order valence-corrected chi connectivity index (χ4v) is 3.15. The smallest absolute Gasteiger partial charge is 0.229 e. The summed E-state index contributed by atoms with van der Waals surface area (Å²) >= 11 is 0. The zero-order valence-corrected chi connectivity index (χ0v) is 19.2. The summed E-state index contributed by atoms with van der Waals surface area (Å²) in [5, 5.41) is 5.12. The Balaban J connectivity index is 2.02. The number of halogens is 3. The first-order chi connectivity index (χ1) is 15.4. The molecular weight excluding hydrogens is 433 g/mol. The van der Waals surface area contributed by atoms with E-state index in [0.717, 1.165) is 18.6 Å². The van der Waals surface area contributed by atoms with E-state index in [4.69, 9.17) is 4.42 Å². The van der Waals surface area contributed by atoms with Gasteiger partial charge in [0.1, 0.15) is 17.4 Å². The zero-order chi connectivity index (χ0) is 24.5. The summed E-state index contributed by atoms with van der Waals surface area (Å²) in [5.74, 6) is -2.78. The molecule has 0 atom stereocenters. The maximum atomic E-state index is 14.6. The molecule has 3 rings (SSSR count). The molecule has 0 saturated carbocycles. The number of hydrogen-bond donors (Lipinski definition) is 2. The molecule has 0 spiro atoms. The Morgan fingerprint density at radius 2 is 1.73 bits per heavy atom. The van der Waals surface area contributed by atoms with Crippen molar-refractivity contribution in [3.05, 3.63) is 58.0 Å². The highest BCUT2D eigenvalue weighted by atomic mass is 19.1. The predicted octanol–water partition coefficient (Wildman–Crippen LogP) is 6.32. The van der Waals surface area contributed by atoms with Crippen LogP contribution in [0.15, 0.2) is 39.5 Å². The second-order valence-corrected chi connectivity index (χ2v) is 9.40. The van der Waals surface area contributed by atoms with Crippen LogP contribution < -0.4 is 16.1 Å².